The normalized spacial score (nSPS) is 18.1. The van der Waals surface area contributed by atoms with Crippen LogP contribution in [0.2, 0.25) is 0 Å². The van der Waals surface area contributed by atoms with Gasteiger partial charge >= 0.3 is 0 Å². The highest BCUT2D eigenvalue weighted by Crippen LogP contribution is 2.35. The van der Waals surface area contributed by atoms with Crippen molar-refractivity contribution in [1.82, 2.24) is 19.9 Å². The maximum Gasteiger partial charge on any atom is 0.238 e. The van der Waals surface area contributed by atoms with Gasteiger partial charge in [-0.2, -0.15) is 0 Å². The van der Waals surface area contributed by atoms with E-state index in [1.54, 1.807) is 34.3 Å². The number of aliphatic hydroxyl groups is 1. The summed E-state index contributed by atoms with van der Waals surface area (Å²) >= 11 is 0. The molecule has 3 aliphatic rings. The molecule has 12 nitrogen and oxygen atoms in total. The Labute approximate surface area is 427 Å². The molecule has 0 aromatic carbocycles. The van der Waals surface area contributed by atoms with Gasteiger partial charge in [-0.15, -0.1) is 0 Å². The first-order chi connectivity index (χ1) is 34.5. The third-order valence-electron chi connectivity index (χ3n) is 13.0. The topological polar surface area (TPSA) is 136 Å². The minimum Gasteiger partial charge on any atom is -0.479 e. The summed E-state index contributed by atoms with van der Waals surface area (Å²) in [6.45, 7) is 26.2. The summed E-state index contributed by atoms with van der Waals surface area (Å²) in [5, 5.41) is 23.7. The number of halogens is 1. The molecule has 2 aliphatic carbocycles. The van der Waals surface area contributed by atoms with Gasteiger partial charge in [0.1, 0.15) is 29.4 Å². The van der Waals surface area contributed by atoms with E-state index in [-0.39, 0.29) is 18.4 Å². The molecule has 382 valence electrons. The van der Waals surface area contributed by atoms with E-state index in [9.17, 15) is 9.50 Å². The number of rotatable bonds is 20. The molecule has 0 spiro atoms. The summed E-state index contributed by atoms with van der Waals surface area (Å²) in [6.07, 6.45) is 25.1. The molecule has 3 N–H and O–H groups in total. The summed E-state index contributed by atoms with van der Waals surface area (Å²) < 4.78 is 27.5. The van der Waals surface area contributed by atoms with Crippen molar-refractivity contribution in [2.24, 2.45) is 21.8 Å². The van der Waals surface area contributed by atoms with Crippen LogP contribution >= 0.6 is 0 Å². The minimum absolute atomic E-state index is 0.0200. The van der Waals surface area contributed by atoms with Crippen molar-refractivity contribution >= 4 is 34.1 Å². The van der Waals surface area contributed by atoms with E-state index < -0.39 is 12.3 Å². The quantitative estimate of drug-likeness (QED) is 0.0578. The van der Waals surface area contributed by atoms with Crippen LogP contribution in [0.5, 0.6) is 11.8 Å². The van der Waals surface area contributed by atoms with Gasteiger partial charge in [-0.05, 0) is 174 Å². The number of aliphatic imine (C=N–C) groups is 1. The first kappa shape index (κ1) is 54.5. The fraction of sp³-hybridized carbons (Fsp3) is 0.407. The maximum absolute atomic E-state index is 13.8. The van der Waals surface area contributed by atoms with Gasteiger partial charge in [0.25, 0.3) is 0 Å². The number of nitrogens with zero attached hydrogens (tertiary/aromatic N) is 7. The SMILES string of the molecule is C=CN(C=C(C)C)c1ccc(/C(=C/C(=C)N=c2c3c(ccn2CC(C)(C)O)CC(/C=C(/C=C(\CC)c2ccc(N4C=CC(=C)C(C)=C4)c(OC)n2)NC(=NCCF)C2CCCCC2=N)CC3)CC)nc1OC. The fourth-order valence-corrected chi connectivity index (χ4v) is 9.38. The first-order valence-electron chi connectivity index (χ1n) is 25.2. The van der Waals surface area contributed by atoms with Gasteiger partial charge in [0.15, 0.2) is 0 Å². The number of aromatic nitrogens is 3. The van der Waals surface area contributed by atoms with Crippen LogP contribution in [0.4, 0.5) is 15.8 Å². The van der Waals surface area contributed by atoms with E-state index >= 15 is 0 Å². The van der Waals surface area contributed by atoms with E-state index in [0.29, 0.717) is 54.8 Å². The number of alkyl halides is 1. The number of fused-ring (bicyclic) bond motifs is 1. The van der Waals surface area contributed by atoms with Gasteiger partial charge in [0.05, 0.1) is 55.9 Å². The zero-order valence-electron chi connectivity index (χ0n) is 44.1. The standard InChI is InChI=1S/C59H76FN9O3/c1-13-44(51-22-24-53(57(65-51)71-11)67(15-3)36-39(4)5)32-42(8)63-56-48-21-20-43(33-46(48)27-31-69(56)38-59(9,10)70)34-47(64-55(62-29-28-60)49-18-16-17-19-50(49)61)35-45(14-2)52-23-25-54(58(66-52)72-12)68-30-26-40(6)41(7)37-68/h15,22-27,30-32,34-37,43,49,61,70H,3,6,8,13-14,16-21,28-29,33,38H2,1-2,4-5,7,9-12H3,(H,62,64)/b44-32+,45-35+,47-34-,61-50?,63-56?. The highest BCUT2D eigenvalue weighted by Gasteiger charge is 2.27. The molecule has 72 heavy (non-hydrogen) atoms. The Morgan fingerprint density at radius 2 is 1.72 bits per heavy atom. The van der Waals surface area contributed by atoms with Crippen molar-refractivity contribution in [2.45, 2.75) is 118 Å². The molecular weight excluding hydrogens is 902 g/mol. The Balaban J connectivity index is 1.40. The summed E-state index contributed by atoms with van der Waals surface area (Å²) in [4.78, 5) is 23.8. The molecule has 6 rings (SSSR count). The van der Waals surface area contributed by atoms with Gasteiger partial charge in [-0.3, -0.25) is 4.99 Å². The average molecular weight is 978 g/mol. The molecule has 2 atom stereocenters. The molecule has 3 aromatic heterocycles. The van der Waals surface area contributed by atoms with Crippen molar-refractivity contribution < 1.29 is 19.0 Å². The number of pyridine rings is 3. The zero-order chi connectivity index (χ0) is 52.1. The number of nitrogens with one attached hydrogen (secondary N) is 2. The molecule has 2 unspecified atom stereocenters. The van der Waals surface area contributed by atoms with E-state index in [0.717, 1.165) is 111 Å². The highest BCUT2D eigenvalue weighted by molar-refractivity contribution is 6.06. The third-order valence-corrected chi connectivity index (χ3v) is 13.0. The lowest BCUT2D eigenvalue weighted by atomic mass is 9.83. The molecule has 1 fully saturated rings. The second-order valence-electron chi connectivity index (χ2n) is 19.6. The van der Waals surface area contributed by atoms with Crippen molar-refractivity contribution in [3.05, 3.63) is 161 Å². The molecule has 0 saturated heterocycles. The summed E-state index contributed by atoms with van der Waals surface area (Å²) in [5.41, 5.74) is 12.2. The number of hydrogen-bond donors (Lipinski definition) is 3. The number of amidine groups is 1. The molecule has 0 amide bonds. The molecule has 4 heterocycles. The lowest BCUT2D eigenvalue weighted by Crippen LogP contribution is -2.37. The van der Waals surface area contributed by atoms with Crippen molar-refractivity contribution in [2.75, 3.05) is 37.2 Å². The van der Waals surface area contributed by atoms with Crippen LogP contribution in [0.15, 0.2) is 143 Å². The van der Waals surface area contributed by atoms with E-state index in [1.165, 1.54) is 0 Å². The van der Waals surface area contributed by atoms with E-state index in [1.807, 2.05) is 96.4 Å². The van der Waals surface area contributed by atoms with Gasteiger partial charge in [0, 0.05) is 42.4 Å². The molecule has 13 heteroatoms. The molecule has 1 saturated carbocycles. The van der Waals surface area contributed by atoms with Crippen molar-refractivity contribution in [1.29, 1.82) is 5.41 Å². The van der Waals surface area contributed by atoms with Crippen LogP contribution in [0.1, 0.15) is 116 Å². The summed E-state index contributed by atoms with van der Waals surface area (Å²) in [7, 11) is 3.25. The molecule has 0 radical (unpaired) electrons. The Morgan fingerprint density at radius 1 is 1.01 bits per heavy atom. The third kappa shape index (κ3) is 14.0. The Hall–Kier alpha value is -6.86. The minimum atomic E-state index is -1.00. The van der Waals surface area contributed by atoms with Gasteiger partial charge in [-0.1, -0.05) is 51.7 Å². The molecule has 0 bridgehead atoms. The van der Waals surface area contributed by atoms with Gasteiger partial charge in [0.2, 0.25) is 11.8 Å². The second-order valence-corrected chi connectivity index (χ2v) is 19.6. The number of allylic oxidation sites excluding steroid dienone is 9. The van der Waals surface area contributed by atoms with Gasteiger partial charge in [-0.25, -0.2) is 19.4 Å². The zero-order valence-corrected chi connectivity index (χ0v) is 44.1. The predicted octanol–water partition coefficient (Wildman–Crippen LogP) is 12.3. The van der Waals surface area contributed by atoms with Crippen molar-refractivity contribution in [3.63, 3.8) is 0 Å². The predicted molar refractivity (Wildman–Crippen MR) is 295 cm³/mol. The molecule has 3 aromatic rings. The second kappa shape index (κ2) is 25.0. The Kier molecular flexibility index (Phi) is 18.9. The van der Waals surface area contributed by atoms with Crippen LogP contribution in [-0.4, -0.2) is 64.2 Å². The van der Waals surface area contributed by atoms with Gasteiger partial charge < -0.3 is 39.7 Å². The Morgan fingerprint density at radius 3 is 2.36 bits per heavy atom. The first-order valence-corrected chi connectivity index (χ1v) is 25.2. The van der Waals surface area contributed by atoms with E-state index in [4.69, 9.17) is 34.8 Å². The lowest BCUT2D eigenvalue weighted by molar-refractivity contribution is 0.0600. The number of methoxy groups -OCH3 is 2. The number of anilines is 2. The summed E-state index contributed by atoms with van der Waals surface area (Å²) in [5.74, 6) is 1.49. The Bertz CT molecular complexity index is 2810. The van der Waals surface area contributed by atoms with Crippen molar-refractivity contribution in [3.8, 4) is 11.8 Å². The highest BCUT2D eigenvalue weighted by atomic mass is 19.1. The fourth-order valence-electron chi connectivity index (χ4n) is 9.38. The monoisotopic (exact) mass is 978 g/mol. The molecular formula is C59H76FN9O3. The van der Waals surface area contributed by atoms with Crippen LogP contribution in [0, 0.1) is 17.2 Å². The van der Waals surface area contributed by atoms with Crippen LogP contribution < -0.4 is 30.1 Å². The van der Waals surface area contributed by atoms with E-state index in [2.05, 4.69) is 57.1 Å². The lowest BCUT2D eigenvalue weighted by Gasteiger charge is -2.28. The maximum atomic E-state index is 13.8. The molecule has 1 aliphatic heterocycles. The summed E-state index contributed by atoms with van der Waals surface area (Å²) in [6, 6.07) is 10.2. The smallest absolute Gasteiger partial charge is 0.238 e. The average Bonchev–Trinajstić information content (AvgIpc) is 3.36. The van der Waals surface area contributed by atoms with Crippen LogP contribution in [0.3, 0.4) is 0 Å². The number of hydrogen-bond acceptors (Lipinski definition) is 10. The van der Waals surface area contributed by atoms with Crippen LogP contribution in [-0.2, 0) is 19.4 Å². The number of ether oxygens (including phenoxy) is 2. The van der Waals surface area contributed by atoms with Crippen LogP contribution in [0.25, 0.3) is 11.1 Å². The largest absolute Gasteiger partial charge is 0.479 e.